The van der Waals surface area contributed by atoms with Crippen molar-refractivity contribution in [3.8, 4) is 17.3 Å². The Bertz CT molecular complexity index is 762. The van der Waals surface area contributed by atoms with E-state index in [4.69, 9.17) is 0 Å². The molecular formula is C14H12N6O. The fraction of sp³-hybridized carbons (Fsp3) is 0.0714. The van der Waals surface area contributed by atoms with Gasteiger partial charge in [0.15, 0.2) is 5.82 Å². The highest BCUT2D eigenvalue weighted by Gasteiger charge is 2.09. The Morgan fingerprint density at radius 3 is 2.67 bits per heavy atom. The predicted octanol–water partition coefficient (Wildman–Crippen LogP) is 2.09. The van der Waals surface area contributed by atoms with E-state index in [2.05, 4.69) is 30.2 Å². The number of phenolic OH excluding ortho intramolecular Hbond substituents is 1. The first-order valence-electron chi connectivity index (χ1n) is 6.26. The number of hydrogen-bond acceptors (Lipinski definition) is 7. The van der Waals surface area contributed by atoms with Crippen molar-refractivity contribution in [3.63, 3.8) is 0 Å². The lowest BCUT2D eigenvalue weighted by molar-refractivity contribution is 0.477. The van der Waals surface area contributed by atoms with Gasteiger partial charge in [-0.25, -0.2) is 9.97 Å². The van der Waals surface area contributed by atoms with E-state index in [9.17, 15) is 5.11 Å². The van der Waals surface area contributed by atoms with Crippen LogP contribution in [0.5, 0.6) is 5.75 Å². The third-order valence-electron chi connectivity index (χ3n) is 2.69. The van der Waals surface area contributed by atoms with Gasteiger partial charge in [-0.1, -0.05) is 12.1 Å². The lowest BCUT2D eigenvalue weighted by atomic mass is 10.3. The third-order valence-corrected chi connectivity index (χ3v) is 2.69. The zero-order chi connectivity index (χ0) is 14.7. The molecule has 0 amide bonds. The molecule has 1 aromatic carbocycles. The van der Waals surface area contributed by atoms with Crippen LogP contribution in [-0.2, 0) is 0 Å². The third kappa shape index (κ3) is 2.92. The minimum absolute atomic E-state index is 0.122. The summed E-state index contributed by atoms with van der Waals surface area (Å²) >= 11 is 0. The van der Waals surface area contributed by atoms with Gasteiger partial charge in [-0.2, -0.15) is 9.97 Å². The molecule has 0 fully saturated rings. The maximum atomic E-state index is 9.77. The number of aryl methyl sites for hydroxylation is 1. The number of phenols is 1. The molecule has 7 heteroatoms. The van der Waals surface area contributed by atoms with Crippen LogP contribution in [0.4, 0.5) is 11.6 Å². The number of anilines is 2. The van der Waals surface area contributed by atoms with Crippen molar-refractivity contribution in [3.05, 3.63) is 48.7 Å². The normalized spacial score (nSPS) is 10.3. The van der Waals surface area contributed by atoms with Gasteiger partial charge in [0.25, 0.3) is 0 Å². The molecule has 3 rings (SSSR count). The molecule has 2 N–H and O–H groups in total. The van der Waals surface area contributed by atoms with Gasteiger partial charge in [-0.05, 0) is 19.1 Å². The fourth-order valence-corrected chi connectivity index (χ4v) is 1.77. The molecule has 21 heavy (non-hydrogen) atoms. The second-order valence-corrected chi connectivity index (χ2v) is 4.26. The van der Waals surface area contributed by atoms with Gasteiger partial charge in [0, 0.05) is 12.4 Å². The Morgan fingerprint density at radius 2 is 1.90 bits per heavy atom. The van der Waals surface area contributed by atoms with Gasteiger partial charge in [0.05, 0.1) is 11.9 Å². The number of nitrogens with one attached hydrogen (secondary N) is 1. The van der Waals surface area contributed by atoms with Crippen molar-refractivity contribution >= 4 is 11.6 Å². The molecule has 0 spiro atoms. The van der Waals surface area contributed by atoms with Crippen molar-refractivity contribution < 1.29 is 5.11 Å². The topological polar surface area (TPSA) is 96.7 Å². The van der Waals surface area contributed by atoms with E-state index >= 15 is 0 Å². The fourth-order valence-electron chi connectivity index (χ4n) is 1.77. The first kappa shape index (κ1) is 12.9. The largest absolute Gasteiger partial charge is 0.506 e. The van der Waals surface area contributed by atoms with E-state index in [-0.39, 0.29) is 5.75 Å². The van der Waals surface area contributed by atoms with Crippen molar-refractivity contribution in [1.29, 1.82) is 0 Å². The molecule has 2 aromatic heterocycles. The second-order valence-electron chi connectivity index (χ2n) is 4.26. The van der Waals surface area contributed by atoms with Gasteiger partial charge in [0.1, 0.15) is 17.3 Å². The molecule has 0 unspecified atom stereocenters. The van der Waals surface area contributed by atoms with Gasteiger partial charge >= 0.3 is 0 Å². The van der Waals surface area contributed by atoms with Gasteiger partial charge in [-0.3, -0.25) is 4.98 Å². The highest BCUT2D eigenvalue weighted by atomic mass is 16.3. The van der Waals surface area contributed by atoms with Crippen molar-refractivity contribution in [2.75, 3.05) is 5.32 Å². The molecule has 0 aliphatic rings. The minimum Gasteiger partial charge on any atom is -0.506 e. The summed E-state index contributed by atoms with van der Waals surface area (Å²) in [6.07, 6.45) is 4.74. The molecule has 0 bridgehead atoms. The summed E-state index contributed by atoms with van der Waals surface area (Å²) in [4.78, 5) is 20.9. The van der Waals surface area contributed by atoms with E-state index in [0.717, 1.165) is 0 Å². The lowest BCUT2D eigenvalue weighted by Gasteiger charge is -2.08. The number of benzene rings is 1. The van der Waals surface area contributed by atoms with Crippen LogP contribution in [0.15, 0.2) is 42.9 Å². The van der Waals surface area contributed by atoms with Gasteiger partial charge < -0.3 is 10.4 Å². The maximum absolute atomic E-state index is 9.77. The highest BCUT2D eigenvalue weighted by molar-refractivity contribution is 5.62. The number of nitrogens with zero attached hydrogens (tertiary/aromatic N) is 5. The lowest BCUT2D eigenvalue weighted by Crippen LogP contribution is -2.04. The molecule has 0 saturated heterocycles. The first-order valence-corrected chi connectivity index (χ1v) is 6.26. The Morgan fingerprint density at radius 1 is 1.05 bits per heavy atom. The van der Waals surface area contributed by atoms with E-state index in [0.29, 0.717) is 29.0 Å². The second kappa shape index (κ2) is 5.49. The van der Waals surface area contributed by atoms with E-state index in [1.54, 1.807) is 49.8 Å². The molecule has 0 atom stereocenters. The molecule has 7 nitrogen and oxygen atoms in total. The number of rotatable bonds is 3. The monoisotopic (exact) mass is 280 g/mol. The Labute approximate surface area is 120 Å². The summed E-state index contributed by atoms with van der Waals surface area (Å²) in [5, 5.41) is 12.7. The van der Waals surface area contributed by atoms with Gasteiger partial charge in [0.2, 0.25) is 5.95 Å². The SMILES string of the molecule is Cc1nc(Nc2ccccc2O)nc(-c2cnccn2)n1. The van der Waals surface area contributed by atoms with Crippen LogP contribution in [0, 0.1) is 6.92 Å². The quantitative estimate of drug-likeness (QED) is 0.709. The summed E-state index contributed by atoms with van der Waals surface area (Å²) in [5.41, 5.74) is 1.08. The molecule has 0 radical (unpaired) electrons. The highest BCUT2D eigenvalue weighted by Crippen LogP contribution is 2.24. The van der Waals surface area contributed by atoms with Crippen molar-refractivity contribution in [1.82, 2.24) is 24.9 Å². The molecule has 0 saturated carbocycles. The van der Waals surface area contributed by atoms with Crippen LogP contribution < -0.4 is 5.32 Å². The van der Waals surface area contributed by atoms with Crippen LogP contribution in [0.3, 0.4) is 0 Å². The number of para-hydroxylation sites is 2. The zero-order valence-corrected chi connectivity index (χ0v) is 11.2. The summed E-state index contributed by atoms with van der Waals surface area (Å²) in [7, 11) is 0. The van der Waals surface area contributed by atoms with E-state index < -0.39 is 0 Å². The van der Waals surface area contributed by atoms with Crippen molar-refractivity contribution in [2.45, 2.75) is 6.92 Å². The molecular weight excluding hydrogens is 268 g/mol. The van der Waals surface area contributed by atoms with Crippen LogP contribution in [0.2, 0.25) is 0 Å². The number of hydrogen-bond donors (Lipinski definition) is 2. The summed E-state index contributed by atoms with van der Waals surface area (Å²) in [6.45, 7) is 1.76. The molecule has 3 aromatic rings. The molecule has 0 aliphatic carbocycles. The first-order chi connectivity index (χ1) is 10.2. The maximum Gasteiger partial charge on any atom is 0.231 e. The van der Waals surface area contributed by atoms with Crippen LogP contribution >= 0.6 is 0 Å². The molecule has 0 aliphatic heterocycles. The molecule has 2 heterocycles. The standard InChI is InChI=1S/C14H12N6O/c1-9-17-13(11-8-15-6-7-16-11)20-14(18-9)19-10-4-2-3-5-12(10)21/h2-8,21H,1H3,(H,17,18,19,20). The Balaban J connectivity index is 1.97. The Hall–Kier alpha value is -3.09. The van der Waals surface area contributed by atoms with Gasteiger partial charge in [-0.15, -0.1) is 0 Å². The van der Waals surface area contributed by atoms with Crippen LogP contribution in [0.25, 0.3) is 11.5 Å². The summed E-state index contributed by atoms with van der Waals surface area (Å²) < 4.78 is 0. The number of aromatic nitrogens is 5. The zero-order valence-electron chi connectivity index (χ0n) is 11.2. The Kier molecular flexibility index (Phi) is 3.38. The van der Waals surface area contributed by atoms with Crippen molar-refractivity contribution in [2.24, 2.45) is 0 Å². The number of aromatic hydroxyl groups is 1. The smallest absolute Gasteiger partial charge is 0.231 e. The summed E-state index contributed by atoms with van der Waals surface area (Å²) in [5.74, 6) is 1.43. The van der Waals surface area contributed by atoms with E-state index in [1.165, 1.54) is 0 Å². The predicted molar refractivity (Wildman–Crippen MR) is 77.0 cm³/mol. The molecule has 104 valence electrons. The summed E-state index contributed by atoms with van der Waals surface area (Å²) in [6, 6.07) is 6.86. The van der Waals surface area contributed by atoms with Crippen LogP contribution in [0.1, 0.15) is 5.82 Å². The van der Waals surface area contributed by atoms with E-state index in [1.807, 2.05) is 0 Å². The average Bonchev–Trinajstić information content (AvgIpc) is 2.50. The minimum atomic E-state index is 0.122. The average molecular weight is 280 g/mol. The van der Waals surface area contributed by atoms with Crippen LogP contribution in [-0.4, -0.2) is 30.0 Å².